The molecule has 0 saturated heterocycles. The minimum absolute atomic E-state index is 0.0514. The van der Waals surface area contributed by atoms with E-state index in [-0.39, 0.29) is 29.4 Å². The predicted molar refractivity (Wildman–Crippen MR) is 132 cm³/mol. The summed E-state index contributed by atoms with van der Waals surface area (Å²) in [4.78, 5) is 21.6. The monoisotopic (exact) mass is 511 g/mol. The third kappa shape index (κ3) is 6.50. The standard InChI is InChI=1S/C23H27ClFN3O3S2/c1-3-27(4-2)14-15-28(23-26-22-19(24)7-5-8-20(22)32-23)21(29)9-6-16-33(30,31)18-12-10-17(25)11-13-18/h5,7-8,10-13H,3-4,6,9,14-16H2,1-2H3. The molecule has 1 aromatic heterocycles. The van der Waals surface area contributed by atoms with E-state index in [2.05, 4.69) is 23.7 Å². The van der Waals surface area contributed by atoms with Crippen LogP contribution in [0.3, 0.4) is 0 Å². The van der Waals surface area contributed by atoms with Crippen LogP contribution in [0, 0.1) is 5.82 Å². The van der Waals surface area contributed by atoms with E-state index in [1.165, 1.54) is 23.5 Å². The molecule has 0 saturated carbocycles. The summed E-state index contributed by atoms with van der Waals surface area (Å²) in [6, 6.07) is 10.2. The number of nitrogens with zero attached hydrogens (tertiary/aromatic N) is 3. The summed E-state index contributed by atoms with van der Waals surface area (Å²) in [6.07, 6.45) is 0.217. The van der Waals surface area contributed by atoms with E-state index in [9.17, 15) is 17.6 Å². The first-order chi connectivity index (χ1) is 15.7. The number of carbonyl (C=O) groups excluding carboxylic acids is 1. The quantitative estimate of drug-likeness (QED) is 0.338. The fourth-order valence-corrected chi connectivity index (χ4v) is 6.05. The highest BCUT2D eigenvalue weighted by atomic mass is 35.5. The second-order valence-corrected chi connectivity index (χ2v) is 11.1. The lowest BCUT2D eigenvalue weighted by atomic mass is 10.3. The molecule has 3 rings (SSSR count). The first-order valence-corrected chi connectivity index (χ1v) is 13.7. The molecule has 10 heteroatoms. The van der Waals surface area contributed by atoms with Gasteiger partial charge in [0, 0.05) is 19.5 Å². The van der Waals surface area contributed by atoms with Crippen molar-refractivity contribution in [3.63, 3.8) is 0 Å². The maximum Gasteiger partial charge on any atom is 0.228 e. The zero-order valence-electron chi connectivity index (χ0n) is 18.6. The third-order valence-corrected chi connectivity index (χ3v) is 8.57. The molecule has 3 aromatic rings. The van der Waals surface area contributed by atoms with E-state index in [4.69, 9.17) is 11.6 Å². The summed E-state index contributed by atoms with van der Waals surface area (Å²) >= 11 is 7.66. The summed E-state index contributed by atoms with van der Waals surface area (Å²) < 4.78 is 39.1. The zero-order valence-corrected chi connectivity index (χ0v) is 21.0. The van der Waals surface area contributed by atoms with Crippen molar-refractivity contribution in [2.75, 3.05) is 36.8 Å². The molecule has 0 aliphatic rings. The zero-order chi connectivity index (χ0) is 24.0. The molecule has 0 N–H and O–H groups in total. The Morgan fingerprint density at radius 3 is 2.42 bits per heavy atom. The van der Waals surface area contributed by atoms with E-state index < -0.39 is 15.7 Å². The first-order valence-electron chi connectivity index (χ1n) is 10.8. The largest absolute Gasteiger partial charge is 0.302 e. The van der Waals surface area contributed by atoms with Crippen LogP contribution < -0.4 is 4.90 Å². The van der Waals surface area contributed by atoms with Crippen molar-refractivity contribution in [3.8, 4) is 0 Å². The van der Waals surface area contributed by atoms with Crippen LogP contribution in [0.1, 0.15) is 26.7 Å². The number of amides is 1. The number of para-hydroxylation sites is 1. The average Bonchev–Trinajstić information content (AvgIpc) is 3.22. The normalized spacial score (nSPS) is 11.9. The van der Waals surface area contributed by atoms with Crippen LogP contribution in [0.5, 0.6) is 0 Å². The Morgan fingerprint density at radius 2 is 1.79 bits per heavy atom. The van der Waals surface area contributed by atoms with Gasteiger partial charge in [0.2, 0.25) is 5.91 Å². The van der Waals surface area contributed by atoms with Gasteiger partial charge in [-0.3, -0.25) is 9.69 Å². The van der Waals surface area contributed by atoms with Crippen LogP contribution in [0.15, 0.2) is 47.4 Å². The highest BCUT2D eigenvalue weighted by Gasteiger charge is 2.22. The van der Waals surface area contributed by atoms with Crippen molar-refractivity contribution in [3.05, 3.63) is 53.3 Å². The Kier molecular flexibility index (Phi) is 8.81. The number of thiazole rings is 1. The number of likely N-dealkylation sites (N-methyl/N-ethyl adjacent to an activating group) is 1. The lowest BCUT2D eigenvalue weighted by molar-refractivity contribution is -0.118. The summed E-state index contributed by atoms with van der Waals surface area (Å²) in [6.45, 7) is 6.97. The maximum absolute atomic E-state index is 13.2. The minimum Gasteiger partial charge on any atom is -0.302 e. The maximum atomic E-state index is 13.2. The van der Waals surface area contributed by atoms with Gasteiger partial charge in [0.15, 0.2) is 15.0 Å². The molecule has 0 fully saturated rings. The van der Waals surface area contributed by atoms with Gasteiger partial charge >= 0.3 is 0 Å². The van der Waals surface area contributed by atoms with Crippen LogP contribution in [-0.4, -0.2) is 56.1 Å². The molecule has 0 unspecified atom stereocenters. The number of hydrogen-bond donors (Lipinski definition) is 0. The van der Waals surface area contributed by atoms with Gasteiger partial charge in [-0.1, -0.05) is 42.9 Å². The lowest BCUT2D eigenvalue weighted by Crippen LogP contribution is -2.38. The van der Waals surface area contributed by atoms with Gasteiger partial charge in [0.25, 0.3) is 0 Å². The summed E-state index contributed by atoms with van der Waals surface area (Å²) in [5, 5.41) is 1.08. The number of carbonyl (C=O) groups is 1. The van der Waals surface area contributed by atoms with Gasteiger partial charge < -0.3 is 4.90 Å². The number of halogens is 2. The summed E-state index contributed by atoms with van der Waals surface area (Å²) in [5.41, 5.74) is 0.652. The van der Waals surface area contributed by atoms with Crippen molar-refractivity contribution < 1.29 is 17.6 Å². The molecule has 33 heavy (non-hydrogen) atoms. The molecule has 0 atom stereocenters. The smallest absolute Gasteiger partial charge is 0.228 e. The molecular weight excluding hydrogens is 485 g/mol. The second-order valence-electron chi connectivity index (χ2n) is 7.53. The molecule has 0 radical (unpaired) electrons. The fraction of sp³-hybridized carbons (Fsp3) is 0.391. The van der Waals surface area contributed by atoms with Crippen molar-refractivity contribution in [2.45, 2.75) is 31.6 Å². The van der Waals surface area contributed by atoms with Gasteiger partial charge in [0.1, 0.15) is 11.3 Å². The highest BCUT2D eigenvalue weighted by molar-refractivity contribution is 7.91. The van der Waals surface area contributed by atoms with Crippen LogP contribution >= 0.6 is 22.9 Å². The van der Waals surface area contributed by atoms with Crippen LogP contribution in [0.4, 0.5) is 9.52 Å². The number of fused-ring (bicyclic) bond motifs is 1. The highest BCUT2D eigenvalue weighted by Crippen LogP contribution is 2.33. The SMILES string of the molecule is CCN(CC)CCN(C(=O)CCCS(=O)(=O)c1ccc(F)cc1)c1nc2c(Cl)cccc2s1. The Hall–Kier alpha value is -2.07. The molecule has 1 amide bonds. The molecule has 178 valence electrons. The molecular formula is C23H27ClFN3O3S2. The molecule has 0 bridgehead atoms. The Bertz CT molecular complexity index is 1200. The first kappa shape index (κ1) is 25.6. The van der Waals surface area contributed by atoms with E-state index in [1.807, 2.05) is 12.1 Å². The molecule has 0 spiro atoms. The Balaban J connectivity index is 1.74. The lowest BCUT2D eigenvalue weighted by Gasteiger charge is -2.24. The number of rotatable bonds is 11. The number of aromatic nitrogens is 1. The number of sulfone groups is 1. The van der Waals surface area contributed by atoms with E-state index in [0.29, 0.717) is 28.8 Å². The van der Waals surface area contributed by atoms with Gasteiger partial charge in [-0.2, -0.15) is 0 Å². The van der Waals surface area contributed by atoms with Crippen LogP contribution in [-0.2, 0) is 14.6 Å². The molecule has 2 aromatic carbocycles. The minimum atomic E-state index is -3.60. The summed E-state index contributed by atoms with van der Waals surface area (Å²) in [5.74, 6) is -0.879. The topological polar surface area (TPSA) is 70.6 Å². The van der Waals surface area contributed by atoms with Crippen molar-refractivity contribution in [2.24, 2.45) is 0 Å². The predicted octanol–water partition coefficient (Wildman–Crippen LogP) is 5.02. The van der Waals surface area contributed by atoms with E-state index in [0.717, 1.165) is 29.9 Å². The van der Waals surface area contributed by atoms with Gasteiger partial charge in [-0.15, -0.1) is 0 Å². The van der Waals surface area contributed by atoms with E-state index >= 15 is 0 Å². The van der Waals surface area contributed by atoms with Gasteiger partial charge in [-0.25, -0.2) is 17.8 Å². The number of benzene rings is 2. The Labute approximate surface area is 202 Å². The van der Waals surface area contributed by atoms with Crippen LogP contribution in [0.2, 0.25) is 5.02 Å². The van der Waals surface area contributed by atoms with Gasteiger partial charge in [0.05, 0.1) is 20.4 Å². The third-order valence-electron chi connectivity index (χ3n) is 5.40. The number of anilines is 1. The van der Waals surface area contributed by atoms with Crippen molar-refractivity contribution in [1.29, 1.82) is 0 Å². The molecule has 1 heterocycles. The fourth-order valence-electron chi connectivity index (χ4n) is 3.44. The number of hydrogen-bond acceptors (Lipinski definition) is 6. The van der Waals surface area contributed by atoms with E-state index in [1.54, 1.807) is 11.0 Å². The molecule has 6 nitrogen and oxygen atoms in total. The van der Waals surface area contributed by atoms with Crippen molar-refractivity contribution >= 4 is 54.0 Å². The molecule has 0 aliphatic carbocycles. The second kappa shape index (κ2) is 11.4. The Morgan fingerprint density at radius 1 is 1.09 bits per heavy atom. The van der Waals surface area contributed by atoms with Crippen molar-refractivity contribution in [1.82, 2.24) is 9.88 Å². The molecule has 0 aliphatic heterocycles. The summed E-state index contributed by atoms with van der Waals surface area (Å²) in [7, 11) is -3.60. The van der Waals surface area contributed by atoms with Crippen LogP contribution in [0.25, 0.3) is 10.2 Å². The van der Waals surface area contributed by atoms with Gasteiger partial charge in [-0.05, 0) is 55.9 Å². The average molecular weight is 512 g/mol.